The molecule has 0 amide bonds. The molecular formula is C31H30F4N2O7. The minimum absolute atomic E-state index is 0.0205. The van der Waals surface area contributed by atoms with Crippen molar-refractivity contribution in [3.63, 3.8) is 0 Å². The standard InChI is InChI=1S/C31H30F4N2O7/c32-30(33)31(34,35)44-26-12-8-21(9-13-26)29(40)43-25-10-5-20(6-11-25)7-14-27(38)41-15-3-1-2-4-16-42-28(39)22-17-23(36)19-24(37)18-22/h5-14,17-19,30H,1-4,15-16,36-37H2/b14-7+. The van der Waals surface area contributed by atoms with Crippen LogP contribution in [0.25, 0.3) is 6.08 Å². The topological polar surface area (TPSA) is 140 Å². The van der Waals surface area contributed by atoms with Crippen LogP contribution in [0.15, 0.2) is 72.8 Å². The number of benzene rings is 3. The van der Waals surface area contributed by atoms with Crippen molar-refractivity contribution >= 4 is 35.4 Å². The van der Waals surface area contributed by atoms with Crippen molar-refractivity contribution in [3.8, 4) is 11.5 Å². The largest absolute Gasteiger partial charge is 0.463 e. The summed E-state index contributed by atoms with van der Waals surface area (Å²) in [7, 11) is 0. The van der Waals surface area contributed by atoms with Crippen LogP contribution in [-0.2, 0) is 14.3 Å². The number of carbonyl (C=O) groups excluding carboxylic acids is 3. The summed E-state index contributed by atoms with van der Waals surface area (Å²) in [6, 6.07) is 14.8. The minimum Gasteiger partial charge on any atom is -0.463 e. The number of carbonyl (C=O) groups is 3. The lowest BCUT2D eigenvalue weighted by atomic mass is 10.2. The Kier molecular flexibility index (Phi) is 12.1. The molecule has 0 aromatic heterocycles. The molecule has 0 atom stereocenters. The average molecular weight is 619 g/mol. The Labute approximate surface area is 250 Å². The molecule has 3 aromatic carbocycles. The number of anilines is 2. The van der Waals surface area contributed by atoms with Gasteiger partial charge in [-0.3, -0.25) is 0 Å². The number of alkyl halides is 4. The molecule has 0 aliphatic carbocycles. The highest BCUT2D eigenvalue weighted by atomic mass is 19.3. The Bertz CT molecular complexity index is 1430. The van der Waals surface area contributed by atoms with E-state index >= 15 is 0 Å². The second kappa shape index (κ2) is 16.0. The van der Waals surface area contributed by atoms with Gasteiger partial charge in [0.15, 0.2) is 0 Å². The number of esters is 3. The van der Waals surface area contributed by atoms with Crippen molar-refractivity contribution in [2.45, 2.75) is 38.2 Å². The van der Waals surface area contributed by atoms with Gasteiger partial charge in [0.05, 0.1) is 24.3 Å². The molecule has 4 N–H and O–H groups in total. The van der Waals surface area contributed by atoms with E-state index in [0.717, 1.165) is 37.1 Å². The third kappa shape index (κ3) is 11.0. The molecule has 0 bridgehead atoms. The van der Waals surface area contributed by atoms with Gasteiger partial charge in [-0.15, -0.1) is 0 Å². The zero-order valence-electron chi connectivity index (χ0n) is 23.3. The van der Waals surface area contributed by atoms with Crippen molar-refractivity contribution in [1.82, 2.24) is 0 Å². The van der Waals surface area contributed by atoms with E-state index in [0.29, 0.717) is 35.3 Å². The highest BCUT2D eigenvalue weighted by molar-refractivity contribution is 5.92. The minimum atomic E-state index is -4.66. The normalized spacial score (nSPS) is 11.4. The smallest absolute Gasteiger partial charge is 0.461 e. The predicted molar refractivity (Wildman–Crippen MR) is 153 cm³/mol. The van der Waals surface area contributed by atoms with Gasteiger partial charge < -0.3 is 30.4 Å². The third-order valence-electron chi connectivity index (χ3n) is 5.83. The van der Waals surface area contributed by atoms with E-state index in [1.54, 1.807) is 18.2 Å². The summed E-state index contributed by atoms with van der Waals surface area (Å²) in [5.74, 6) is -2.21. The van der Waals surface area contributed by atoms with Crippen LogP contribution in [-0.4, -0.2) is 43.7 Å². The van der Waals surface area contributed by atoms with Gasteiger partial charge in [-0.2, -0.15) is 17.6 Å². The summed E-state index contributed by atoms with van der Waals surface area (Å²) in [4.78, 5) is 36.3. The molecule has 0 radical (unpaired) electrons. The van der Waals surface area contributed by atoms with Crippen molar-refractivity contribution in [2.75, 3.05) is 24.7 Å². The Hall–Kier alpha value is -5.07. The molecule has 3 rings (SSSR count). The van der Waals surface area contributed by atoms with Gasteiger partial charge in [0.25, 0.3) is 0 Å². The van der Waals surface area contributed by atoms with E-state index in [1.807, 2.05) is 0 Å². The highest BCUT2D eigenvalue weighted by Gasteiger charge is 2.43. The van der Waals surface area contributed by atoms with Gasteiger partial charge in [-0.05, 0) is 91.9 Å². The van der Waals surface area contributed by atoms with Gasteiger partial charge >= 0.3 is 30.4 Å². The van der Waals surface area contributed by atoms with Crippen LogP contribution in [0.1, 0.15) is 52.0 Å². The molecule has 234 valence electrons. The Morgan fingerprint density at radius 2 is 1.30 bits per heavy atom. The lowest BCUT2D eigenvalue weighted by molar-refractivity contribution is -0.253. The lowest BCUT2D eigenvalue weighted by Crippen LogP contribution is -2.33. The summed E-state index contributed by atoms with van der Waals surface area (Å²) in [6.45, 7) is 0.466. The first-order valence-electron chi connectivity index (χ1n) is 13.4. The Balaban J connectivity index is 1.31. The molecule has 0 saturated heterocycles. The lowest BCUT2D eigenvalue weighted by Gasteiger charge is -2.16. The monoisotopic (exact) mass is 618 g/mol. The quantitative estimate of drug-likeness (QED) is 0.0503. The second-order valence-electron chi connectivity index (χ2n) is 9.39. The van der Waals surface area contributed by atoms with Crippen LogP contribution in [0.4, 0.5) is 28.9 Å². The van der Waals surface area contributed by atoms with Gasteiger partial charge in [0, 0.05) is 17.5 Å². The summed E-state index contributed by atoms with van der Waals surface area (Å²) in [5.41, 5.74) is 13.0. The zero-order valence-corrected chi connectivity index (χ0v) is 23.3. The maximum Gasteiger partial charge on any atom is 0.461 e. The number of unbranched alkanes of at least 4 members (excludes halogenated alkanes) is 3. The van der Waals surface area contributed by atoms with E-state index in [9.17, 15) is 31.9 Å². The number of rotatable bonds is 15. The van der Waals surface area contributed by atoms with E-state index in [1.165, 1.54) is 36.4 Å². The molecule has 0 spiro atoms. The number of hydrogen-bond donors (Lipinski definition) is 2. The van der Waals surface area contributed by atoms with Crippen LogP contribution in [0.2, 0.25) is 0 Å². The van der Waals surface area contributed by atoms with Crippen LogP contribution >= 0.6 is 0 Å². The average Bonchev–Trinajstić information content (AvgIpc) is 2.97. The van der Waals surface area contributed by atoms with Crippen molar-refractivity contribution in [3.05, 3.63) is 89.5 Å². The summed E-state index contributed by atoms with van der Waals surface area (Å²) < 4.78 is 70.0. The highest BCUT2D eigenvalue weighted by Crippen LogP contribution is 2.27. The molecule has 0 unspecified atom stereocenters. The Morgan fingerprint density at radius 3 is 1.89 bits per heavy atom. The number of nitrogens with two attached hydrogens (primary N) is 2. The number of hydrogen-bond acceptors (Lipinski definition) is 9. The predicted octanol–water partition coefficient (Wildman–Crippen LogP) is 6.28. The third-order valence-corrected chi connectivity index (χ3v) is 5.83. The first-order chi connectivity index (χ1) is 20.9. The molecule has 9 nitrogen and oxygen atoms in total. The van der Waals surface area contributed by atoms with Crippen molar-refractivity contribution in [2.24, 2.45) is 0 Å². The summed E-state index contributed by atoms with van der Waals surface area (Å²) in [6.07, 6.45) is -3.07. The fraction of sp³-hybridized carbons (Fsp3) is 0.258. The van der Waals surface area contributed by atoms with E-state index < -0.39 is 36.2 Å². The molecule has 3 aromatic rings. The molecule has 0 heterocycles. The van der Waals surface area contributed by atoms with Crippen molar-refractivity contribution < 1.29 is 50.9 Å². The first-order valence-corrected chi connectivity index (χ1v) is 13.4. The SMILES string of the molecule is Nc1cc(N)cc(C(=O)OCCCCCCOC(=O)/C=C/c2ccc(OC(=O)c3ccc(OC(F)(F)C(F)F)cc3)cc2)c1. The fourth-order valence-electron chi connectivity index (χ4n) is 3.66. The number of ether oxygens (including phenoxy) is 4. The van der Waals surface area contributed by atoms with Crippen LogP contribution in [0, 0.1) is 0 Å². The van der Waals surface area contributed by atoms with Gasteiger partial charge in [-0.25, -0.2) is 14.4 Å². The van der Waals surface area contributed by atoms with Gasteiger partial charge in [0.1, 0.15) is 11.5 Å². The summed E-state index contributed by atoms with van der Waals surface area (Å²) >= 11 is 0. The molecule has 13 heteroatoms. The van der Waals surface area contributed by atoms with Gasteiger partial charge in [0.2, 0.25) is 0 Å². The first kappa shape index (κ1) is 33.4. The van der Waals surface area contributed by atoms with Crippen LogP contribution in [0.3, 0.4) is 0 Å². The van der Waals surface area contributed by atoms with Crippen LogP contribution < -0.4 is 20.9 Å². The molecule has 0 aliphatic heterocycles. The maximum atomic E-state index is 13.0. The molecule has 0 saturated carbocycles. The van der Waals surface area contributed by atoms with E-state index in [2.05, 4.69) is 4.74 Å². The summed E-state index contributed by atoms with van der Waals surface area (Å²) in [5, 5.41) is 0. The number of halogens is 4. The van der Waals surface area contributed by atoms with Gasteiger partial charge in [-0.1, -0.05) is 12.1 Å². The molecule has 0 fully saturated rings. The number of nitrogen functional groups attached to an aromatic ring is 2. The molecule has 0 aliphatic rings. The van der Waals surface area contributed by atoms with Crippen LogP contribution in [0.5, 0.6) is 11.5 Å². The molecule has 44 heavy (non-hydrogen) atoms. The van der Waals surface area contributed by atoms with Crippen molar-refractivity contribution in [1.29, 1.82) is 0 Å². The zero-order chi connectivity index (χ0) is 32.1. The second-order valence-corrected chi connectivity index (χ2v) is 9.39. The fourth-order valence-corrected chi connectivity index (χ4v) is 3.66. The van der Waals surface area contributed by atoms with E-state index in [-0.39, 0.29) is 24.5 Å². The maximum absolute atomic E-state index is 13.0. The van der Waals surface area contributed by atoms with E-state index in [4.69, 9.17) is 25.7 Å². The molecular weight excluding hydrogens is 588 g/mol. The Morgan fingerprint density at radius 1 is 0.727 bits per heavy atom.